The molecule has 0 unspecified atom stereocenters. The average molecular weight is 339 g/mol. The number of carbonyl (C=O) groups excluding carboxylic acids is 1. The van der Waals surface area contributed by atoms with E-state index in [2.05, 4.69) is 33.1 Å². The zero-order chi connectivity index (χ0) is 14.5. The van der Waals surface area contributed by atoms with Crippen molar-refractivity contribution in [2.24, 2.45) is 5.92 Å². The Morgan fingerprint density at radius 3 is 2.70 bits per heavy atom. The maximum absolute atomic E-state index is 12.1. The Labute approximate surface area is 129 Å². The summed E-state index contributed by atoms with van der Waals surface area (Å²) in [6, 6.07) is 5.73. The number of carbonyl (C=O) groups is 1. The molecule has 0 radical (unpaired) electrons. The number of likely N-dealkylation sites (tertiary alicyclic amines) is 1. The Balaban J connectivity index is 1.82. The van der Waals surface area contributed by atoms with Gasteiger partial charge in [-0.1, -0.05) is 22.9 Å². The first kappa shape index (κ1) is 15.5. The number of halogens is 1. The third kappa shape index (κ3) is 4.06. The molecule has 1 N–H and O–H groups in total. The minimum absolute atomic E-state index is 0.0403. The van der Waals surface area contributed by atoms with Crippen molar-refractivity contribution < 1.29 is 4.79 Å². The van der Waals surface area contributed by atoms with Crippen LogP contribution in [0.5, 0.6) is 0 Å². The number of amides is 1. The van der Waals surface area contributed by atoms with Crippen LogP contribution in [0.3, 0.4) is 0 Å². The van der Waals surface area contributed by atoms with Crippen molar-refractivity contribution in [1.82, 2.24) is 10.2 Å². The third-order valence-corrected chi connectivity index (χ3v) is 5.02. The number of nitrogens with one attached hydrogen (secondary N) is 1. The van der Waals surface area contributed by atoms with E-state index in [0.29, 0.717) is 5.92 Å². The molecule has 1 saturated heterocycles. The average Bonchev–Trinajstić information content (AvgIpc) is 2.48. The van der Waals surface area contributed by atoms with Crippen molar-refractivity contribution in [2.75, 3.05) is 26.2 Å². The lowest BCUT2D eigenvalue weighted by Crippen LogP contribution is -2.38. The first-order chi connectivity index (χ1) is 9.60. The van der Waals surface area contributed by atoms with E-state index in [0.717, 1.165) is 41.8 Å². The van der Waals surface area contributed by atoms with Gasteiger partial charge < -0.3 is 10.2 Å². The summed E-state index contributed by atoms with van der Waals surface area (Å²) in [6.07, 6.45) is 2.38. The van der Waals surface area contributed by atoms with E-state index in [-0.39, 0.29) is 5.91 Å². The molecule has 1 aliphatic heterocycles. The van der Waals surface area contributed by atoms with E-state index >= 15 is 0 Å². The summed E-state index contributed by atoms with van der Waals surface area (Å²) in [5.74, 6) is 0.664. The van der Waals surface area contributed by atoms with Gasteiger partial charge in [0.25, 0.3) is 5.91 Å². The van der Waals surface area contributed by atoms with Crippen LogP contribution >= 0.6 is 15.9 Å². The fraction of sp³-hybridized carbons (Fsp3) is 0.562. The molecule has 20 heavy (non-hydrogen) atoms. The highest BCUT2D eigenvalue weighted by Crippen LogP contribution is 2.18. The van der Waals surface area contributed by atoms with Gasteiger partial charge in [-0.2, -0.15) is 0 Å². The monoisotopic (exact) mass is 338 g/mol. The van der Waals surface area contributed by atoms with Crippen LogP contribution in [0.4, 0.5) is 0 Å². The molecule has 1 heterocycles. The van der Waals surface area contributed by atoms with E-state index in [4.69, 9.17) is 0 Å². The van der Waals surface area contributed by atoms with E-state index in [9.17, 15) is 4.79 Å². The number of piperidine rings is 1. The first-order valence-corrected chi connectivity index (χ1v) is 8.16. The van der Waals surface area contributed by atoms with Crippen molar-refractivity contribution in [1.29, 1.82) is 0 Å². The second-order valence-corrected chi connectivity index (χ2v) is 6.41. The fourth-order valence-electron chi connectivity index (χ4n) is 2.63. The molecule has 1 amide bonds. The summed E-state index contributed by atoms with van der Waals surface area (Å²) < 4.78 is 1.04. The Hall–Kier alpha value is -0.870. The lowest BCUT2D eigenvalue weighted by Gasteiger charge is -2.31. The molecule has 0 saturated carbocycles. The van der Waals surface area contributed by atoms with E-state index in [1.165, 1.54) is 12.8 Å². The van der Waals surface area contributed by atoms with Crippen LogP contribution in [0.25, 0.3) is 0 Å². The lowest BCUT2D eigenvalue weighted by molar-refractivity contribution is 0.0937. The van der Waals surface area contributed by atoms with Crippen LogP contribution in [-0.2, 0) is 0 Å². The standard InChI is InChI=1S/C16H23BrN2O/c1-3-19-8-6-13(7-9-19)11-18-16(20)14-4-5-15(17)12(2)10-14/h4-5,10,13H,3,6-9,11H2,1-2H3,(H,18,20). The van der Waals surface area contributed by atoms with Crippen LogP contribution in [0.2, 0.25) is 0 Å². The van der Waals surface area contributed by atoms with Gasteiger partial charge in [0, 0.05) is 16.6 Å². The van der Waals surface area contributed by atoms with Crippen LogP contribution in [0, 0.1) is 12.8 Å². The molecule has 0 aromatic heterocycles. The molecule has 1 aliphatic rings. The molecular formula is C16H23BrN2O. The van der Waals surface area contributed by atoms with Crippen LogP contribution in [0.15, 0.2) is 22.7 Å². The summed E-state index contributed by atoms with van der Waals surface area (Å²) in [7, 11) is 0. The summed E-state index contributed by atoms with van der Waals surface area (Å²) in [4.78, 5) is 14.6. The van der Waals surface area contributed by atoms with Gasteiger partial charge in [0.15, 0.2) is 0 Å². The lowest BCUT2D eigenvalue weighted by atomic mass is 9.96. The van der Waals surface area contributed by atoms with Crippen molar-refractivity contribution in [3.63, 3.8) is 0 Å². The molecule has 110 valence electrons. The second-order valence-electron chi connectivity index (χ2n) is 5.55. The molecule has 4 heteroatoms. The highest BCUT2D eigenvalue weighted by molar-refractivity contribution is 9.10. The number of nitrogens with zero attached hydrogens (tertiary/aromatic N) is 1. The summed E-state index contributed by atoms with van der Waals surface area (Å²) in [5, 5.41) is 3.08. The number of aryl methyl sites for hydroxylation is 1. The van der Waals surface area contributed by atoms with Crippen molar-refractivity contribution in [3.8, 4) is 0 Å². The van der Waals surface area contributed by atoms with E-state index in [1.54, 1.807) is 0 Å². The van der Waals surface area contributed by atoms with Crippen molar-refractivity contribution >= 4 is 21.8 Å². The maximum atomic E-state index is 12.1. The fourth-order valence-corrected chi connectivity index (χ4v) is 2.88. The predicted molar refractivity (Wildman–Crippen MR) is 86.1 cm³/mol. The van der Waals surface area contributed by atoms with Crippen molar-refractivity contribution in [3.05, 3.63) is 33.8 Å². The molecule has 1 aromatic carbocycles. The molecule has 0 atom stereocenters. The van der Waals surface area contributed by atoms with E-state index in [1.807, 2.05) is 25.1 Å². The molecule has 0 spiro atoms. The Bertz CT molecular complexity index is 468. The SMILES string of the molecule is CCN1CCC(CNC(=O)c2ccc(Br)c(C)c2)CC1. The molecule has 3 nitrogen and oxygen atoms in total. The molecular weight excluding hydrogens is 316 g/mol. The largest absolute Gasteiger partial charge is 0.352 e. The minimum atomic E-state index is 0.0403. The van der Waals surface area contributed by atoms with Gasteiger partial charge in [-0.25, -0.2) is 0 Å². The zero-order valence-electron chi connectivity index (χ0n) is 12.3. The van der Waals surface area contributed by atoms with Crippen molar-refractivity contribution in [2.45, 2.75) is 26.7 Å². The van der Waals surface area contributed by atoms with Gasteiger partial charge in [-0.05, 0) is 69.1 Å². The molecule has 0 aliphatic carbocycles. The van der Waals surface area contributed by atoms with Gasteiger partial charge >= 0.3 is 0 Å². The minimum Gasteiger partial charge on any atom is -0.352 e. The predicted octanol–water partition coefficient (Wildman–Crippen LogP) is 3.22. The number of hydrogen-bond donors (Lipinski definition) is 1. The third-order valence-electron chi connectivity index (χ3n) is 4.13. The van der Waals surface area contributed by atoms with Gasteiger partial charge in [0.2, 0.25) is 0 Å². The molecule has 1 aromatic rings. The van der Waals surface area contributed by atoms with Gasteiger partial charge in [-0.15, -0.1) is 0 Å². The molecule has 2 rings (SSSR count). The van der Waals surface area contributed by atoms with Crippen LogP contribution in [0.1, 0.15) is 35.7 Å². The van der Waals surface area contributed by atoms with Gasteiger partial charge in [0.1, 0.15) is 0 Å². The second kappa shape index (κ2) is 7.23. The normalized spacial score (nSPS) is 17.1. The number of rotatable bonds is 4. The van der Waals surface area contributed by atoms with Gasteiger partial charge in [-0.3, -0.25) is 4.79 Å². The van der Waals surface area contributed by atoms with Gasteiger partial charge in [0.05, 0.1) is 0 Å². The van der Waals surface area contributed by atoms with Crippen LogP contribution < -0.4 is 5.32 Å². The quantitative estimate of drug-likeness (QED) is 0.914. The number of hydrogen-bond acceptors (Lipinski definition) is 2. The highest BCUT2D eigenvalue weighted by Gasteiger charge is 2.18. The summed E-state index contributed by atoms with van der Waals surface area (Å²) in [6.45, 7) is 8.46. The molecule has 1 fully saturated rings. The highest BCUT2D eigenvalue weighted by atomic mass is 79.9. The number of benzene rings is 1. The maximum Gasteiger partial charge on any atom is 0.251 e. The Morgan fingerprint density at radius 2 is 2.10 bits per heavy atom. The zero-order valence-corrected chi connectivity index (χ0v) is 13.9. The van der Waals surface area contributed by atoms with Crippen LogP contribution in [-0.4, -0.2) is 37.0 Å². The summed E-state index contributed by atoms with van der Waals surface area (Å²) >= 11 is 3.46. The smallest absolute Gasteiger partial charge is 0.251 e. The Morgan fingerprint density at radius 1 is 1.40 bits per heavy atom. The Kier molecular flexibility index (Phi) is 5.61. The summed E-state index contributed by atoms with van der Waals surface area (Å²) in [5.41, 5.74) is 1.84. The molecule has 0 bridgehead atoms. The first-order valence-electron chi connectivity index (χ1n) is 7.37. The van der Waals surface area contributed by atoms with E-state index < -0.39 is 0 Å². The topological polar surface area (TPSA) is 32.3 Å².